The number of anilines is 3. The van der Waals surface area contributed by atoms with E-state index in [-0.39, 0.29) is 28.1 Å². The minimum absolute atomic E-state index is 0.0313. The van der Waals surface area contributed by atoms with Gasteiger partial charge in [-0.2, -0.15) is 11.8 Å². The van der Waals surface area contributed by atoms with Gasteiger partial charge in [0.2, 0.25) is 0 Å². The summed E-state index contributed by atoms with van der Waals surface area (Å²) in [5, 5.41) is 2.90. The zero-order valence-electron chi connectivity index (χ0n) is 24.8. The average molecular weight is 593 g/mol. The minimum atomic E-state index is -0.468. The third kappa shape index (κ3) is 8.65. The number of hydrogen-bond donors (Lipinski definition) is 2. The first-order valence-electron chi connectivity index (χ1n) is 14.2. The molecule has 224 valence electrons. The van der Waals surface area contributed by atoms with Crippen molar-refractivity contribution in [1.82, 2.24) is 15.0 Å². The van der Waals surface area contributed by atoms with Crippen molar-refractivity contribution in [2.24, 2.45) is 0 Å². The summed E-state index contributed by atoms with van der Waals surface area (Å²) in [6, 6.07) is 9.27. The van der Waals surface area contributed by atoms with Gasteiger partial charge >= 0.3 is 0 Å². The molecule has 0 radical (unpaired) electrons. The van der Waals surface area contributed by atoms with E-state index in [4.69, 9.17) is 15.2 Å². The van der Waals surface area contributed by atoms with E-state index in [1.807, 2.05) is 37.3 Å². The van der Waals surface area contributed by atoms with Crippen LogP contribution < -0.4 is 20.7 Å². The van der Waals surface area contributed by atoms with Gasteiger partial charge in [-0.15, -0.1) is 0 Å². The van der Waals surface area contributed by atoms with Gasteiger partial charge in [0.25, 0.3) is 5.91 Å². The predicted octanol–water partition coefficient (Wildman–Crippen LogP) is 5.25. The molecule has 4 rings (SSSR count). The number of carbonyl (C=O) groups is 2. The second-order valence-corrected chi connectivity index (χ2v) is 12.4. The molecule has 11 heteroatoms. The first-order valence-corrected chi connectivity index (χ1v) is 15.4. The number of benzene rings is 1. The van der Waals surface area contributed by atoms with Gasteiger partial charge < -0.3 is 25.4 Å². The molecule has 2 aromatic heterocycles. The maximum Gasteiger partial charge on any atom is 0.278 e. The summed E-state index contributed by atoms with van der Waals surface area (Å²) in [5.74, 6) is 0.527. The summed E-state index contributed by atoms with van der Waals surface area (Å²) in [6.07, 6.45) is 9.44. The Hall–Kier alpha value is -3.70. The first kappa shape index (κ1) is 31.2. The van der Waals surface area contributed by atoms with Gasteiger partial charge in [-0.1, -0.05) is 13.8 Å². The molecule has 1 unspecified atom stereocenters. The van der Waals surface area contributed by atoms with E-state index in [1.54, 1.807) is 24.2 Å². The van der Waals surface area contributed by atoms with Crippen LogP contribution in [0.2, 0.25) is 0 Å². The van der Waals surface area contributed by atoms with Crippen LogP contribution in [0.1, 0.15) is 56.9 Å². The van der Waals surface area contributed by atoms with E-state index in [0.717, 1.165) is 30.8 Å². The molecule has 1 amide bonds. The zero-order chi connectivity index (χ0) is 30.1. The van der Waals surface area contributed by atoms with Gasteiger partial charge in [0.05, 0.1) is 48.8 Å². The van der Waals surface area contributed by atoms with Crippen LogP contribution in [0.3, 0.4) is 0 Å². The summed E-state index contributed by atoms with van der Waals surface area (Å²) < 4.78 is 11.6. The highest BCUT2D eigenvalue weighted by Gasteiger charge is 2.21. The fourth-order valence-electron chi connectivity index (χ4n) is 4.48. The smallest absolute Gasteiger partial charge is 0.278 e. The van der Waals surface area contributed by atoms with Crippen LogP contribution >= 0.6 is 11.8 Å². The number of aromatic nitrogens is 3. The number of rotatable bonds is 13. The number of pyridine rings is 1. The molecular formula is C31H40N6O4S. The normalized spacial score (nSPS) is 14.3. The number of nitrogens with zero attached hydrogens (tertiary/aromatic N) is 4. The van der Waals surface area contributed by atoms with E-state index in [9.17, 15) is 9.59 Å². The van der Waals surface area contributed by atoms with Crippen molar-refractivity contribution < 1.29 is 19.1 Å². The number of nitrogens with two attached hydrogens (primary N) is 1. The molecule has 0 spiro atoms. The number of nitrogens with one attached hydrogen (secondary N) is 1. The van der Waals surface area contributed by atoms with Crippen molar-refractivity contribution in [2.75, 3.05) is 48.5 Å². The number of thioether (sulfide) groups is 1. The van der Waals surface area contributed by atoms with Crippen LogP contribution in [-0.2, 0) is 9.53 Å². The summed E-state index contributed by atoms with van der Waals surface area (Å²) in [6.45, 7) is 8.98. The summed E-state index contributed by atoms with van der Waals surface area (Å²) >= 11 is 1.78. The number of nitrogen functional groups attached to an aromatic ring is 1. The van der Waals surface area contributed by atoms with Gasteiger partial charge in [-0.3, -0.25) is 14.6 Å². The SMILES string of the molecule is CSC(C)(C)CCC(=O)CCC(C)Oc1ccc(-c2cnc(N)c(C(=O)Nc3cnccc3N3CCOCC3)n2)cc1. The molecule has 1 atom stereocenters. The van der Waals surface area contributed by atoms with E-state index < -0.39 is 5.91 Å². The number of ether oxygens (including phenoxy) is 2. The molecule has 1 fully saturated rings. The van der Waals surface area contributed by atoms with Gasteiger partial charge in [0, 0.05) is 42.4 Å². The molecule has 0 aliphatic carbocycles. The van der Waals surface area contributed by atoms with Gasteiger partial charge in [-0.05, 0) is 56.4 Å². The number of ketones is 1. The second-order valence-electron chi connectivity index (χ2n) is 10.9. The number of morpholine rings is 1. The molecule has 3 N–H and O–H groups in total. The molecular weight excluding hydrogens is 552 g/mol. The lowest BCUT2D eigenvalue weighted by Gasteiger charge is -2.30. The van der Waals surface area contributed by atoms with E-state index in [0.29, 0.717) is 49.6 Å². The highest BCUT2D eigenvalue weighted by molar-refractivity contribution is 7.99. The molecule has 0 saturated carbocycles. The number of carbonyl (C=O) groups excluding carboxylic acids is 2. The fraction of sp³-hybridized carbons (Fsp3) is 0.452. The maximum atomic E-state index is 13.2. The first-order chi connectivity index (χ1) is 20.1. The molecule has 1 saturated heterocycles. The fourth-order valence-corrected chi connectivity index (χ4v) is 4.78. The topological polar surface area (TPSA) is 133 Å². The van der Waals surface area contributed by atoms with Crippen molar-refractivity contribution in [3.8, 4) is 17.0 Å². The Balaban J connectivity index is 1.36. The Morgan fingerprint density at radius 3 is 2.60 bits per heavy atom. The Morgan fingerprint density at radius 2 is 1.88 bits per heavy atom. The van der Waals surface area contributed by atoms with Crippen LogP contribution in [0.5, 0.6) is 5.75 Å². The largest absolute Gasteiger partial charge is 0.491 e. The molecule has 1 aliphatic heterocycles. The van der Waals surface area contributed by atoms with Gasteiger partial charge in [-0.25, -0.2) is 9.97 Å². The van der Waals surface area contributed by atoms with Gasteiger partial charge in [0.1, 0.15) is 11.5 Å². The molecule has 1 aliphatic rings. The second kappa shape index (κ2) is 14.5. The molecule has 1 aromatic carbocycles. The predicted molar refractivity (Wildman–Crippen MR) is 168 cm³/mol. The van der Waals surface area contributed by atoms with Crippen LogP contribution in [-0.4, -0.2) is 70.1 Å². The number of Topliss-reactive ketones (excluding diaryl/α,β-unsaturated/α-hetero) is 1. The molecule has 42 heavy (non-hydrogen) atoms. The highest BCUT2D eigenvalue weighted by Crippen LogP contribution is 2.28. The van der Waals surface area contributed by atoms with Crippen molar-refractivity contribution >= 4 is 40.6 Å². The molecule has 0 bridgehead atoms. The summed E-state index contributed by atoms with van der Waals surface area (Å²) in [4.78, 5) is 40.6. The molecule has 3 heterocycles. The van der Waals surface area contributed by atoms with Crippen LogP contribution in [0, 0.1) is 0 Å². The van der Waals surface area contributed by atoms with Crippen molar-refractivity contribution in [1.29, 1.82) is 0 Å². The Bertz CT molecular complexity index is 1360. The lowest BCUT2D eigenvalue weighted by molar-refractivity contribution is -0.119. The molecule has 3 aromatic rings. The van der Waals surface area contributed by atoms with E-state index >= 15 is 0 Å². The Morgan fingerprint density at radius 1 is 1.14 bits per heavy atom. The molecule has 10 nitrogen and oxygen atoms in total. The van der Waals surface area contributed by atoms with Crippen molar-refractivity contribution in [3.05, 3.63) is 54.6 Å². The van der Waals surface area contributed by atoms with Crippen LogP contribution in [0.25, 0.3) is 11.3 Å². The maximum absolute atomic E-state index is 13.2. The third-order valence-electron chi connectivity index (χ3n) is 7.29. The summed E-state index contributed by atoms with van der Waals surface area (Å²) in [5.41, 5.74) is 8.78. The van der Waals surface area contributed by atoms with E-state index in [2.05, 4.69) is 45.3 Å². The van der Waals surface area contributed by atoms with Crippen molar-refractivity contribution in [2.45, 2.75) is 57.3 Å². The summed E-state index contributed by atoms with van der Waals surface area (Å²) in [7, 11) is 0. The average Bonchev–Trinajstić information content (AvgIpc) is 3.00. The Kier molecular flexibility index (Phi) is 10.8. The van der Waals surface area contributed by atoms with Gasteiger partial charge in [0.15, 0.2) is 11.5 Å². The van der Waals surface area contributed by atoms with Crippen LogP contribution in [0.4, 0.5) is 17.2 Å². The lowest BCUT2D eigenvalue weighted by Crippen LogP contribution is -2.36. The monoisotopic (exact) mass is 592 g/mol. The minimum Gasteiger partial charge on any atom is -0.491 e. The van der Waals surface area contributed by atoms with Crippen LogP contribution in [0.15, 0.2) is 48.9 Å². The van der Waals surface area contributed by atoms with Crippen molar-refractivity contribution in [3.63, 3.8) is 0 Å². The Labute approximate surface area is 251 Å². The highest BCUT2D eigenvalue weighted by atomic mass is 32.2. The van der Waals surface area contributed by atoms with E-state index in [1.165, 1.54) is 6.20 Å². The number of amides is 1. The zero-order valence-corrected chi connectivity index (χ0v) is 25.6. The lowest BCUT2D eigenvalue weighted by atomic mass is 10.0. The third-order valence-corrected chi connectivity index (χ3v) is 8.60. The number of hydrogen-bond acceptors (Lipinski definition) is 10. The quantitative estimate of drug-likeness (QED) is 0.271. The standard InChI is InChI=1S/C31H40N6O4S/c1-21(5-8-23(38)11-13-31(2,3)42-4)41-24-9-6-22(7-10-24)25-20-34-29(32)28(35-25)30(39)36-26-19-33-14-12-27(26)37-15-17-40-18-16-37/h6-7,9-10,12,14,19-21H,5,8,11,13,15-18H2,1-4H3,(H2,32,34)(H,36,39).